The highest BCUT2D eigenvalue weighted by molar-refractivity contribution is 5.51. The molecular weight excluding hydrogens is 230 g/mol. The maximum absolute atomic E-state index is 9.99. The second kappa shape index (κ2) is 5.48. The molecule has 1 aromatic rings. The molecule has 1 aromatic carbocycles. The summed E-state index contributed by atoms with van der Waals surface area (Å²) in [6, 6.07) is 3.52. The van der Waals surface area contributed by atoms with Gasteiger partial charge in [0.2, 0.25) is 6.79 Å². The zero-order valence-electron chi connectivity index (χ0n) is 11.3. The van der Waals surface area contributed by atoms with Crippen LogP contribution in [-0.4, -0.2) is 29.9 Å². The summed E-state index contributed by atoms with van der Waals surface area (Å²) in [6.45, 7) is 9.48. The summed E-state index contributed by atoms with van der Waals surface area (Å²) in [5.41, 5.74) is 0.891. The van der Waals surface area contributed by atoms with Gasteiger partial charge in [0.1, 0.15) is 5.75 Å². The minimum atomic E-state index is 0.238. The van der Waals surface area contributed by atoms with E-state index in [1.807, 2.05) is 6.07 Å². The van der Waals surface area contributed by atoms with Gasteiger partial charge >= 0.3 is 0 Å². The van der Waals surface area contributed by atoms with Gasteiger partial charge in [-0.05, 0) is 18.5 Å². The van der Waals surface area contributed by atoms with Gasteiger partial charge in [0.25, 0.3) is 0 Å². The fraction of sp³-hybridized carbons (Fsp3) is 0.571. The zero-order valence-corrected chi connectivity index (χ0v) is 11.3. The van der Waals surface area contributed by atoms with Crippen molar-refractivity contribution in [1.82, 2.24) is 4.90 Å². The number of hydrogen-bond donors (Lipinski definition) is 1. The molecule has 2 rings (SSSR count). The Labute approximate surface area is 108 Å². The van der Waals surface area contributed by atoms with Crippen molar-refractivity contribution in [3.8, 4) is 17.2 Å². The van der Waals surface area contributed by atoms with Gasteiger partial charge in [0, 0.05) is 24.7 Å². The predicted octanol–water partition coefficient (Wildman–Crippen LogP) is 2.60. The molecule has 0 spiro atoms. The largest absolute Gasteiger partial charge is 0.507 e. The van der Waals surface area contributed by atoms with Crippen LogP contribution in [0.15, 0.2) is 12.1 Å². The Hall–Kier alpha value is -1.42. The van der Waals surface area contributed by atoms with Gasteiger partial charge < -0.3 is 14.6 Å². The Bertz CT molecular complexity index is 418. The molecule has 1 heterocycles. The highest BCUT2D eigenvalue weighted by Crippen LogP contribution is 2.38. The first-order chi connectivity index (χ1) is 8.60. The van der Waals surface area contributed by atoms with Gasteiger partial charge in [0.05, 0.1) is 0 Å². The molecule has 0 bridgehead atoms. The summed E-state index contributed by atoms with van der Waals surface area (Å²) in [5.74, 6) is 2.24. The maximum atomic E-state index is 9.99. The Morgan fingerprint density at radius 2 is 1.94 bits per heavy atom. The van der Waals surface area contributed by atoms with Crippen LogP contribution < -0.4 is 9.47 Å². The third-order valence-electron chi connectivity index (χ3n) is 3.04. The second-order valence-corrected chi connectivity index (χ2v) is 5.06. The molecule has 0 aromatic heterocycles. The van der Waals surface area contributed by atoms with E-state index < -0.39 is 0 Å². The molecule has 0 unspecified atom stereocenters. The van der Waals surface area contributed by atoms with Crippen molar-refractivity contribution in [3.63, 3.8) is 0 Å². The SMILES string of the molecule is CCN(Cc1cc2c(cc1O)OCO2)CC(C)C. The molecule has 100 valence electrons. The molecule has 0 aliphatic carbocycles. The maximum Gasteiger partial charge on any atom is 0.231 e. The van der Waals surface area contributed by atoms with Gasteiger partial charge in [-0.15, -0.1) is 0 Å². The van der Waals surface area contributed by atoms with E-state index in [2.05, 4.69) is 25.7 Å². The zero-order chi connectivity index (χ0) is 13.1. The first kappa shape index (κ1) is 13.0. The Balaban J connectivity index is 2.13. The molecule has 1 aliphatic rings. The minimum absolute atomic E-state index is 0.238. The van der Waals surface area contributed by atoms with Crippen LogP contribution in [0.4, 0.5) is 0 Å². The molecule has 1 N–H and O–H groups in total. The van der Waals surface area contributed by atoms with E-state index >= 15 is 0 Å². The lowest BCUT2D eigenvalue weighted by molar-refractivity contribution is 0.173. The molecular formula is C14H21NO3. The van der Waals surface area contributed by atoms with Crippen molar-refractivity contribution < 1.29 is 14.6 Å². The Kier molecular flexibility index (Phi) is 3.97. The van der Waals surface area contributed by atoms with Crippen molar-refractivity contribution in [2.24, 2.45) is 5.92 Å². The van der Waals surface area contributed by atoms with E-state index in [4.69, 9.17) is 9.47 Å². The number of fused-ring (bicyclic) bond motifs is 1. The summed E-state index contributed by atoms with van der Waals surface area (Å²) in [7, 11) is 0. The van der Waals surface area contributed by atoms with E-state index in [-0.39, 0.29) is 12.5 Å². The van der Waals surface area contributed by atoms with E-state index in [1.54, 1.807) is 6.07 Å². The van der Waals surface area contributed by atoms with E-state index in [0.29, 0.717) is 11.7 Å². The third-order valence-corrected chi connectivity index (χ3v) is 3.04. The minimum Gasteiger partial charge on any atom is -0.507 e. The van der Waals surface area contributed by atoms with E-state index in [9.17, 15) is 5.11 Å². The number of nitrogens with zero attached hydrogens (tertiary/aromatic N) is 1. The second-order valence-electron chi connectivity index (χ2n) is 5.06. The van der Waals surface area contributed by atoms with Crippen molar-refractivity contribution >= 4 is 0 Å². The van der Waals surface area contributed by atoms with Crippen LogP contribution in [0, 0.1) is 5.92 Å². The van der Waals surface area contributed by atoms with Gasteiger partial charge in [-0.1, -0.05) is 20.8 Å². The average molecular weight is 251 g/mol. The predicted molar refractivity (Wildman–Crippen MR) is 70.0 cm³/mol. The highest BCUT2D eigenvalue weighted by atomic mass is 16.7. The van der Waals surface area contributed by atoms with Crippen molar-refractivity contribution in [2.75, 3.05) is 19.9 Å². The van der Waals surface area contributed by atoms with Gasteiger partial charge in [-0.3, -0.25) is 4.90 Å². The summed E-state index contributed by atoms with van der Waals surface area (Å²) in [4.78, 5) is 2.31. The highest BCUT2D eigenvalue weighted by Gasteiger charge is 2.18. The van der Waals surface area contributed by atoms with Crippen LogP contribution in [0.3, 0.4) is 0 Å². The Morgan fingerprint density at radius 1 is 1.28 bits per heavy atom. The van der Waals surface area contributed by atoms with Gasteiger partial charge in [-0.25, -0.2) is 0 Å². The molecule has 4 heteroatoms. The number of rotatable bonds is 5. The molecule has 0 fully saturated rings. The van der Waals surface area contributed by atoms with Crippen LogP contribution in [0.5, 0.6) is 17.2 Å². The molecule has 18 heavy (non-hydrogen) atoms. The van der Waals surface area contributed by atoms with Crippen LogP contribution in [0.25, 0.3) is 0 Å². The van der Waals surface area contributed by atoms with Crippen LogP contribution in [0.1, 0.15) is 26.3 Å². The molecule has 1 aliphatic heterocycles. The van der Waals surface area contributed by atoms with Crippen molar-refractivity contribution in [1.29, 1.82) is 0 Å². The first-order valence-corrected chi connectivity index (χ1v) is 6.44. The number of hydrogen-bond acceptors (Lipinski definition) is 4. The van der Waals surface area contributed by atoms with Crippen molar-refractivity contribution in [2.45, 2.75) is 27.3 Å². The lowest BCUT2D eigenvalue weighted by Crippen LogP contribution is -2.27. The topological polar surface area (TPSA) is 41.9 Å². The first-order valence-electron chi connectivity index (χ1n) is 6.44. The molecule has 0 amide bonds. The Morgan fingerprint density at radius 3 is 2.56 bits per heavy atom. The van der Waals surface area contributed by atoms with Gasteiger partial charge in [0.15, 0.2) is 11.5 Å². The molecule has 0 saturated carbocycles. The fourth-order valence-corrected chi connectivity index (χ4v) is 2.16. The van der Waals surface area contributed by atoms with Crippen molar-refractivity contribution in [3.05, 3.63) is 17.7 Å². The third kappa shape index (κ3) is 2.88. The quantitative estimate of drug-likeness (QED) is 0.873. The number of benzene rings is 1. The average Bonchev–Trinajstić information content (AvgIpc) is 2.74. The van der Waals surface area contributed by atoms with Gasteiger partial charge in [-0.2, -0.15) is 0 Å². The van der Waals surface area contributed by atoms with Crippen LogP contribution in [0.2, 0.25) is 0 Å². The number of ether oxygens (including phenoxy) is 2. The number of aromatic hydroxyl groups is 1. The lowest BCUT2D eigenvalue weighted by atomic mass is 10.1. The number of phenolic OH excluding ortho intramolecular Hbond substituents is 1. The summed E-state index contributed by atoms with van der Waals surface area (Å²) in [6.07, 6.45) is 0. The van der Waals surface area contributed by atoms with E-state index in [1.165, 1.54) is 0 Å². The molecule has 0 atom stereocenters. The molecule has 0 saturated heterocycles. The van der Waals surface area contributed by atoms with Crippen LogP contribution in [-0.2, 0) is 6.54 Å². The fourth-order valence-electron chi connectivity index (χ4n) is 2.16. The molecule has 0 radical (unpaired) electrons. The summed E-state index contributed by atoms with van der Waals surface area (Å²) in [5, 5.41) is 9.99. The number of phenols is 1. The summed E-state index contributed by atoms with van der Waals surface area (Å²) < 4.78 is 10.6. The van der Waals surface area contributed by atoms with E-state index in [0.717, 1.165) is 30.9 Å². The normalized spacial score (nSPS) is 13.6. The standard InChI is InChI=1S/C14H21NO3/c1-4-15(7-10(2)3)8-11-5-13-14(6-12(11)16)18-9-17-13/h5-6,10,16H,4,7-9H2,1-3H3. The van der Waals surface area contributed by atoms with Crippen LogP contribution >= 0.6 is 0 Å². The molecule has 4 nitrogen and oxygen atoms in total. The monoisotopic (exact) mass is 251 g/mol. The summed E-state index contributed by atoms with van der Waals surface area (Å²) >= 11 is 0. The smallest absolute Gasteiger partial charge is 0.231 e. The lowest BCUT2D eigenvalue weighted by Gasteiger charge is -2.23.